The number of rotatable bonds is 6. The van der Waals surface area contributed by atoms with Crippen LogP contribution in [0, 0.1) is 23.2 Å². The molecule has 0 radical (unpaired) electrons. The molecule has 0 aromatic heterocycles. The zero-order valence-corrected chi connectivity index (χ0v) is 12.6. The Morgan fingerprint density at radius 3 is 2.50 bits per heavy atom. The van der Waals surface area contributed by atoms with Crippen LogP contribution in [0.15, 0.2) is 0 Å². The molecule has 0 bridgehead atoms. The topological polar surface area (TPSA) is 24.1 Å². The normalized spacial score (nSPS) is 31.3. The first-order chi connectivity index (χ1) is 8.61. The zero-order chi connectivity index (χ0) is 13.0. The summed E-state index contributed by atoms with van der Waals surface area (Å²) in [6, 6.07) is 0. The van der Waals surface area contributed by atoms with E-state index in [1.807, 2.05) is 0 Å². The molecule has 2 N–H and O–H groups in total. The van der Waals surface area contributed by atoms with E-state index in [9.17, 15) is 0 Å². The molecule has 1 aliphatic heterocycles. The Morgan fingerprint density at radius 2 is 1.94 bits per heavy atom. The number of nitrogens with one attached hydrogen (secondary N) is 2. The van der Waals surface area contributed by atoms with Crippen LogP contribution in [0.5, 0.6) is 0 Å². The Labute approximate surface area is 113 Å². The second kappa shape index (κ2) is 6.38. The Balaban J connectivity index is 1.75. The first-order valence-corrected chi connectivity index (χ1v) is 8.03. The minimum Gasteiger partial charge on any atom is -0.316 e. The van der Waals surface area contributed by atoms with Crippen molar-refractivity contribution >= 4 is 0 Å². The minimum absolute atomic E-state index is 0.628. The van der Waals surface area contributed by atoms with Crippen molar-refractivity contribution in [3.8, 4) is 0 Å². The molecule has 2 fully saturated rings. The molecule has 2 heteroatoms. The molecule has 0 amide bonds. The molecule has 1 saturated carbocycles. The summed E-state index contributed by atoms with van der Waals surface area (Å²) in [5, 5.41) is 7.31. The standard InChI is InChI=1S/C16H32N2/c1-13(2)8-16(6-4-5-7-16)12-18-11-15-10-17-9-14(15)3/h13-15,17-18H,4-12H2,1-3H3/t14-,15+/m1/s1. The molecule has 2 rings (SSSR count). The maximum absolute atomic E-state index is 3.81. The van der Waals surface area contributed by atoms with Gasteiger partial charge in [0.2, 0.25) is 0 Å². The van der Waals surface area contributed by atoms with Gasteiger partial charge < -0.3 is 10.6 Å². The summed E-state index contributed by atoms with van der Waals surface area (Å²) in [5.74, 6) is 2.54. The lowest BCUT2D eigenvalue weighted by molar-refractivity contribution is 0.218. The van der Waals surface area contributed by atoms with Crippen LogP contribution in [-0.4, -0.2) is 26.2 Å². The summed E-state index contributed by atoms with van der Waals surface area (Å²) < 4.78 is 0. The smallest absolute Gasteiger partial charge is 0.000803 e. The Bertz CT molecular complexity index is 243. The van der Waals surface area contributed by atoms with Crippen LogP contribution in [0.1, 0.15) is 52.9 Å². The quantitative estimate of drug-likeness (QED) is 0.759. The van der Waals surface area contributed by atoms with Crippen LogP contribution in [-0.2, 0) is 0 Å². The van der Waals surface area contributed by atoms with E-state index in [-0.39, 0.29) is 0 Å². The Hall–Kier alpha value is -0.0800. The molecule has 1 heterocycles. The van der Waals surface area contributed by atoms with Gasteiger partial charge in [0.05, 0.1) is 0 Å². The monoisotopic (exact) mass is 252 g/mol. The Kier molecular flexibility index (Phi) is 5.08. The van der Waals surface area contributed by atoms with Gasteiger partial charge in [0.1, 0.15) is 0 Å². The molecule has 2 atom stereocenters. The van der Waals surface area contributed by atoms with Crippen molar-refractivity contribution in [2.45, 2.75) is 52.9 Å². The third-order valence-corrected chi connectivity index (χ3v) is 5.09. The molecular weight excluding hydrogens is 220 g/mol. The van der Waals surface area contributed by atoms with E-state index >= 15 is 0 Å². The molecule has 1 saturated heterocycles. The third-order valence-electron chi connectivity index (χ3n) is 5.09. The fraction of sp³-hybridized carbons (Fsp3) is 1.00. The molecule has 0 aromatic rings. The number of hydrogen-bond donors (Lipinski definition) is 2. The van der Waals surface area contributed by atoms with Gasteiger partial charge in [0.15, 0.2) is 0 Å². The van der Waals surface area contributed by atoms with Gasteiger partial charge in [-0.15, -0.1) is 0 Å². The molecule has 0 spiro atoms. The van der Waals surface area contributed by atoms with Gasteiger partial charge in [-0.2, -0.15) is 0 Å². The van der Waals surface area contributed by atoms with Crippen LogP contribution >= 0.6 is 0 Å². The molecule has 0 unspecified atom stereocenters. The van der Waals surface area contributed by atoms with Gasteiger partial charge >= 0.3 is 0 Å². The molecular formula is C16H32N2. The van der Waals surface area contributed by atoms with Crippen LogP contribution in [0.3, 0.4) is 0 Å². The van der Waals surface area contributed by atoms with Crippen LogP contribution in [0.2, 0.25) is 0 Å². The summed E-state index contributed by atoms with van der Waals surface area (Å²) in [5.41, 5.74) is 0.628. The highest BCUT2D eigenvalue weighted by molar-refractivity contribution is 4.88. The van der Waals surface area contributed by atoms with Gasteiger partial charge in [-0.3, -0.25) is 0 Å². The first kappa shape index (κ1) is 14.3. The third kappa shape index (κ3) is 3.71. The van der Waals surface area contributed by atoms with Crippen LogP contribution in [0.25, 0.3) is 0 Å². The van der Waals surface area contributed by atoms with Gasteiger partial charge in [-0.1, -0.05) is 33.6 Å². The van der Waals surface area contributed by atoms with E-state index < -0.39 is 0 Å². The average molecular weight is 252 g/mol. The zero-order valence-electron chi connectivity index (χ0n) is 12.6. The van der Waals surface area contributed by atoms with Gasteiger partial charge in [-0.05, 0) is 62.1 Å². The lowest BCUT2D eigenvalue weighted by Crippen LogP contribution is -2.37. The van der Waals surface area contributed by atoms with Crippen molar-refractivity contribution in [3.05, 3.63) is 0 Å². The van der Waals surface area contributed by atoms with Crippen molar-refractivity contribution in [3.63, 3.8) is 0 Å². The maximum Gasteiger partial charge on any atom is 0.000803 e. The summed E-state index contributed by atoms with van der Waals surface area (Å²) >= 11 is 0. The lowest BCUT2D eigenvalue weighted by atomic mass is 9.78. The second-order valence-electron chi connectivity index (χ2n) is 7.33. The van der Waals surface area contributed by atoms with E-state index in [1.54, 1.807) is 0 Å². The lowest BCUT2D eigenvalue weighted by Gasteiger charge is -2.32. The molecule has 18 heavy (non-hydrogen) atoms. The second-order valence-corrected chi connectivity index (χ2v) is 7.33. The fourth-order valence-electron chi connectivity index (χ4n) is 4.10. The van der Waals surface area contributed by atoms with E-state index in [0.717, 1.165) is 17.8 Å². The van der Waals surface area contributed by atoms with Crippen LogP contribution < -0.4 is 10.6 Å². The highest BCUT2D eigenvalue weighted by atomic mass is 15.0. The fourth-order valence-corrected chi connectivity index (χ4v) is 4.10. The molecule has 2 aliphatic rings. The van der Waals surface area contributed by atoms with Crippen molar-refractivity contribution in [1.82, 2.24) is 10.6 Å². The van der Waals surface area contributed by atoms with Crippen LogP contribution in [0.4, 0.5) is 0 Å². The highest BCUT2D eigenvalue weighted by Crippen LogP contribution is 2.42. The average Bonchev–Trinajstić information content (AvgIpc) is 2.89. The van der Waals surface area contributed by atoms with Crippen molar-refractivity contribution in [1.29, 1.82) is 0 Å². The largest absolute Gasteiger partial charge is 0.316 e. The summed E-state index contributed by atoms with van der Waals surface area (Å²) in [6.45, 7) is 12.0. The molecule has 0 aromatic carbocycles. The van der Waals surface area contributed by atoms with Crippen molar-refractivity contribution in [2.24, 2.45) is 23.2 Å². The maximum atomic E-state index is 3.81. The van der Waals surface area contributed by atoms with E-state index in [1.165, 1.54) is 58.3 Å². The van der Waals surface area contributed by atoms with Gasteiger partial charge in [-0.25, -0.2) is 0 Å². The van der Waals surface area contributed by atoms with Crippen molar-refractivity contribution < 1.29 is 0 Å². The summed E-state index contributed by atoms with van der Waals surface area (Å²) in [7, 11) is 0. The molecule has 2 nitrogen and oxygen atoms in total. The SMILES string of the molecule is CC(C)CC1(CNC[C@@H]2CNC[C@H]2C)CCCC1. The highest BCUT2D eigenvalue weighted by Gasteiger charge is 2.34. The minimum atomic E-state index is 0.628. The van der Waals surface area contributed by atoms with Gasteiger partial charge in [0.25, 0.3) is 0 Å². The van der Waals surface area contributed by atoms with E-state index in [2.05, 4.69) is 31.4 Å². The first-order valence-electron chi connectivity index (χ1n) is 8.03. The molecule has 1 aliphatic carbocycles. The summed E-state index contributed by atoms with van der Waals surface area (Å²) in [4.78, 5) is 0. The van der Waals surface area contributed by atoms with Crippen molar-refractivity contribution in [2.75, 3.05) is 26.2 Å². The van der Waals surface area contributed by atoms with E-state index in [4.69, 9.17) is 0 Å². The molecule has 106 valence electrons. The summed E-state index contributed by atoms with van der Waals surface area (Å²) in [6.07, 6.45) is 7.23. The Morgan fingerprint density at radius 1 is 1.22 bits per heavy atom. The predicted octanol–water partition coefficient (Wildman–Crippen LogP) is 3.04. The van der Waals surface area contributed by atoms with E-state index in [0.29, 0.717) is 5.41 Å². The van der Waals surface area contributed by atoms with Gasteiger partial charge in [0, 0.05) is 6.54 Å². The number of hydrogen-bond acceptors (Lipinski definition) is 2. The predicted molar refractivity (Wildman–Crippen MR) is 78.7 cm³/mol.